The molecule has 2 aromatic rings. The zero-order chi connectivity index (χ0) is 15.4. The van der Waals surface area contributed by atoms with Crippen LogP contribution in [0.15, 0.2) is 24.3 Å². The summed E-state index contributed by atoms with van der Waals surface area (Å²) in [7, 11) is 0. The average Bonchev–Trinajstić information content (AvgIpc) is 2.94. The maximum absolute atomic E-state index is 4.37. The van der Waals surface area contributed by atoms with Gasteiger partial charge in [-0.15, -0.1) is 0 Å². The highest BCUT2D eigenvalue weighted by atomic mass is 32.1. The molecule has 5 heteroatoms. The predicted octanol–water partition coefficient (Wildman–Crippen LogP) is 3.83. The Morgan fingerprint density at radius 1 is 1.27 bits per heavy atom. The Bertz CT molecular complexity index is 610. The zero-order valence-electron chi connectivity index (χ0n) is 13.4. The lowest BCUT2D eigenvalue weighted by Gasteiger charge is -2.33. The normalized spacial score (nSPS) is 19.3. The fourth-order valence-electron chi connectivity index (χ4n) is 3.04. The minimum absolute atomic E-state index is 0.695. The van der Waals surface area contributed by atoms with Gasteiger partial charge in [-0.3, -0.25) is 4.90 Å². The van der Waals surface area contributed by atoms with E-state index in [9.17, 15) is 0 Å². The maximum Gasteiger partial charge on any atom is 0.202 e. The highest BCUT2D eigenvalue weighted by Gasteiger charge is 2.19. The van der Waals surface area contributed by atoms with E-state index in [1.54, 1.807) is 0 Å². The largest absolute Gasteiger partial charge is 0.356 e. The molecule has 0 spiro atoms. The molecular weight excluding hydrogens is 292 g/mol. The number of hydrogen-bond donors (Lipinski definition) is 1. The van der Waals surface area contributed by atoms with Gasteiger partial charge in [-0.2, -0.15) is 4.37 Å². The van der Waals surface area contributed by atoms with Crippen LogP contribution < -0.4 is 5.32 Å². The summed E-state index contributed by atoms with van der Waals surface area (Å²) in [5, 5.41) is 4.30. The third-order valence-electron chi connectivity index (χ3n) is 4.39. The molecule has 0 saturated carbocycles. The van der Waals surface area contributed by atoms with Gasteiger partial charge in [0.1, 0.15) is 5.82 Å². The molecule has 1 fully saturated rings. The van der Waals surface area contributed by atoms with E-state index < -0.39 is 0 Å². The summed E-state index contributed by atoms with van der Waals surface area (Å²) in [5.41, 5.74) is 2.78. The van der Waals surface area contributed by atoms with Crippen molar-refractivity contribution in [3.05, 3.63) is 41.2 Å². The number of benzene rings is 1. The van der Waals surface area contributed by atoms with Gasteiger partial charge in [0.05, 0.1) is 0 Å². The molecule has 1 N–H and O–H groups in total. The van der Waals surface area contributed by atoms with E-state index in [0.717, 1.165) is 24.0 Å². The smallest absolute Gasteiger partial charge is 0.202 e. The first kappa shape index (κ1) is 15.4. The molecule has 1 aromatic carbocycles. The van der Waals surface area contributed by atoms with Gasteiger partial charge in [-0.25, -0.2) is 4.98 Å². The second kappa shape index (κ2) is 7.20. The van der Waals surface area contributed by atoms with Crippen molar-refractivity contribution >= 4 is 16.7 Å². The second-order valence-electron chi connectivity index (χ2n) is 6.08. The monoisotopic (exact) mass is 316 g/mol. The number of aromatic nitrogens is 2. The van der Waals surface area contributed by atoms with Crippen LogP contribution in [0.1, 0.15) is 43.1 Å². The molecule has 1 aliphatic rings. The molecule has 1 unspecified atom stereocenters. The lowest BCUT2D eigenvalue weighted by Crippen LogP contribution is -2.37. The van der Waals surface area contributed by atoms with Crippen molar-refractivity contribution in [3.63, 3.8) is 0 Å². The van der Waals surface area contributed by atoms with E-state index in [-0.39, 0.29) is 0 Å². The standard InChI is InChI=1S/C17H24N4S/c1-13-7-5-6-10-21(13)12-16-9-4-3-8-15(16)11-18-17-19-14(2)20-22-17/h3-4,8-9,13H,5-7,10-12H2,1-2H3,(H,18,19,20). The molecule has 4 nitrogen and oxygen atoms in total. The van der Waals surface area contributed by atoms with Crippen LogP contribution in [-0.4, -0.2) is 26.8 Å². The molecule has 1 atom stereocenters. The number of likely N-dealkylation sites (tertiary alicyclic amines) is 1. The predicted molar refractivity (Wildman–Crippen MR) is 92.1 cm³/mol. The maximum atomic E-state index is 4.37. The first-order valence-electron chi connectivity index (χ1n) is 8.07. The number of aryl methyl sites for hydroxylation is 1. The van der Waals surface area contributed by atoms with Gasteiger partial charge >= 0.3 is 0 Å². The number of anilines is 1. The molecule has 22 heavy (non-hydrogen) atoms. The minimum Gasteiger partial charge on any atom is -0.356 e. The third-order valence-corrected chi connectivity index (χ3v) is 5.15. The summed E-state index contributed by atoms with van der Waals surface area (Å²) < 4.78 is 4.21. The Morgan fingerprint density at radius 3 is 2.82 bits per heavy atom. The molecule has 3 rings (SSSR count). The van der Waals surface area contributed by atoms with E-state index in [2.05, 4.69) is 50.8 Å². The summed E-state index contributed by atoms with van der Waals surface area (Å²) in [6.45, 7) is 7.36. The second-order valence-corrected chi connectivity index (χ2v) is 6.84. The van der Waals surface area contributed by atoms with Gasteiger partial charge < -0.3 is 5.32 Å². The molecule has 0 radical (unpaired) electrons. The first-order chi connectivity index (χ1) is 10.7. The minimum atomic E-state index is 0.695. The van der Waals surface area contributed by atoms with E-state index in [4.69, 9.17) is 0 Å². The lowest BCUT2D eigenvalue weighted by atomic mass is 10.0. The van der Waals surface area contributed by atoms with Gasteiger partial charge in [0.2, 0.25) is 5.13 Å². The van der Waals surface area contributed by atoms with Gasteiger partial charge in [0.15, 0.2) is 0 Å². The highest BCUT2D eigenvalue weighted by molar-refractivity contribution is 7.09. The van der Waals surface area contributed by atoms with Gasteiger partial charge in [-0.1, -0.05) is 30.7 Å². The van der Waals surface area contributed by atoms with Crippen LogP contribution in [0.5, 0.6) is 0 Å². The summed E-state index contributed by atoms with van der Waals surface area (Å²) in [6, 6.07) is 9.42. The van der Waals surface area contributed by atoms with Crippen LogP contribution in [0.2, 0.25) is 0 Å². The zero-order valence-corrected chi connectivity index (χ0v) is 14.2. The summed E-state index contributed by atoms with van der Waals surface area (Å²) >= 11 is 1.43. The summed E-state index contributed by atoms with van der Waals surface area (Å²) in [4.78, 5) is 6.98. The molecule has 1 aliphatic heterocycles. The lowest BCUT2D eigenvalue weighted by molar-refractivity contribution is 0.152. The van der Waals surface area contributed by atoms with E-state index in [0.29, 0.717) is 6.04 Å². The average molecular weight is 316 g/mol. The van der Waals surface area contributed by atoms with Crippen LogP contribution in [-0.2, 0) is 13.1 Å². The van der Waals surface area contributed by atoms with E-state index in [1.807, 2.05) is 6.92 Å². The molecule has 0 amide bonds. The van der Waals surface area contributed by atoms with Crippen molar-refractivity contribution < 1.29 is 0 Å². The van der Waals surface area contributed by atoms with Crippen molar-refractivity contribution in [2.45, 2.75) is 52.2 Å². The van der Waals surface area contributed by atoms with Crippen molar-refractivity contribution in [1.29, 1.82) is 0 Å². The Balaban J connectivity index is 1.66. The van der Waals surface area contributed by atoms with Gasteiger partial charge in [0, 0.05) is 30.7 Å². The van der Waals surface area contributed by atoms with Crippen molar-refractivity contribution in [2.24, 2.45) is 0 Å². The van der Waals surface area contributed by atoms with Crippen LogP contribution in [0.3, 0.4) is 0 Å². The Morgan fingerprint density at radius 2 is 2.09 bits per heavy atom. The fourth-order valence-corrected chi connectivity index (χ4v) is 3.60. The summed E-state index contributed by atoms with van der Waals surface area (Å²) in [6.07, 6.45) is 4.02. The van der Waals surface area contributed by atoms with Crippen molar-refractivity contribution in [2.75, 3.05) is 11.9 Å². The Hall–Kier alpha value is -1.46. The van der Waals surface area contributed by atoms with Crippen molar-refractivity contribution in [3.8, 4) is 0 Å². The Labute approximate surface area is 136 Å². The molecule has 1 aromatic heterocycles. The number of nitrogens with zero attached hydrogens (tertiary/aromatic N) is 3. The molecule has 0 aliphatic carbocycles. The third kappa shape index (κ3) is 3.84. The number of piperidine rings is 1. The SMILES string of the molecule is Cc1nsc(NCc2ccccc2CN2CCCCC2C)n1. The van der Waals surface area contributed by atoms with E-state index >= 15 is 0 Å². The van der Waals surface area contributed by atoms with Gasteiger partial charge in [0.25, 0.3) is 0 Å². The topological polar surface area (TPSA) is 41.1 Å². The van der Waals surface area contributed by atoms with Crippen LogP contribution in [0, 0.1) is 6.92 Å². The van der Waals surface area contributed by atoms with Crippen molar-refractivity contribution in [1.82, 2.24) is 14.3 Å². The van der Waals surface area contributed by atoms with Gasteiger partial charge in [-0.05, 0) is 44.4 Å². The van der Waals surface area contributed by atoms with Crippen LogP contribution in [0.4, 0.5) is 5.13 Å². The summed E-state index contributed by atoms with van der Waals surface area (Å²) in [5.74, 6) is 0.836. The number of hydrogen-bond acceptors (Lipinski definition) is 5. The quantitative estimate of drug-likeness (QED) is 0.910. The fraction of sp³-hybridized carbons (Fsp3) is 0.529. The molecule has 118 valence electrons. The molecule has 1 saturated heterocycles. The van der Waals surface area contributed by atoms with E-state index in [1.165, 1.54) is 48.5 Å². The molecular formula is C17H24N4S. The number of rotatable bonds is 5. The van der Waals surface area contributed by atoms with Crippen LogP contribution in [0.25, 0.3) is 0 Å². The molecule has 2 heterocycles. The first-order valence-corrected chi connectivity index (χ1v) is 8.85. The Kier molecular flexibility index (Phi) is 5.05. The molecule has 0 bridgehead atoms. The van der Waals surface area contributed by atoms with Crippen LogP contribution >= 0.6 is 11.5 Å². The highest BCUT2D eigenvalue weighted by Crippen LogP contribution is 2.21. The number of nitrogens with one attached hydrogen (secondary N) is 1.